The van der Waals surface area contributed by atoms with Crippen molar-refractivity contribution in [3.8, 4) is 0 Å². The standard InChI is InChI=1S/C9H19NO2/c1-9(12,5-8(11)6-10)7-3-2-4-7/h7-8,11-12H,2-6,10H2,1H3/t8-,9+/m0/s1. The Bertz CT molecular complexity index is 143. The highest BCUT2D eigenvalue weighted by atomic mass is 16.3. The molecule has 0 aromatic rings. The number of rotatable bonds is 4. The van der Waals surface area contributed by atoms with Gasteiger partial charge in [-0.05, 0) is 25.7 Å². The molecule has 1 fully saturated rings. The number of nitrogens with two attached hydrogens (primary N) is 1. The molecule has 0 aromatic heterocycles. The predicted octanol–water partition coefficient (Wildman–Crippen LogP) is 0.247. The van der Waals surface area contributed by atoms with Crippen molar-refractivity contribution in [1.82, 2.24) is 0 Å². The molecule has 0 aromatic carbocycles. The first-order valence-corrected chi connectivity index (χ1v) is 4.67. The van der Waals surface area contributed by atoms with Crippen LogP contribution in [0.4, 0.5) is 0 Å². The first kappa shape index (κ1) is 9.96. The van der Waals surface area contributed by atoms with Crippen molar-refractivity contribution in [3.63, 3.8) is 0 Å². The maximum atomic E-state index is 9.92. The van der Waals surface area contributed by atoms with E-state index in [2.05, 4.69) is 0 Å². The fourth-order valence-electron chi connectivity index (χ4n) is 1.76. The molecule has 1 aliphatic rings. The molecule has 1 aliphatic carbocycles. The summed E-state index contributed by atoms with van der Waals surface area (Å²) in [7, 11) is 0. The molecule has 0 bridgehead atoms. The lowest BCUT2D eigenvalue weighted by Gasteiger charge is -2.39. The Kier molecular flexibility index (Phi) is 3.09. The molecule has 3 heteroatoms. The highest BCUT2D eigenvalue weighted by Crippen LogP contribution is 2.38. The molecular weight excluding hydrogens is 154 g/mol. The summed E-state index contributed by atoms with van der Waals surface area (Å²) in [6.45, 7) is 2.04. The number of aliphatic hydroxyl groups is 2. The maximum absolute atomic E-state index is 9.92. The Balaban J connectivity index is 2.35. The molecule has 0 unspecified atom stereocenters. The van der Waals surface area contributed by atoms with Gasteiger partial charge in [-0.2, -0.15) is 0 Å². The summed E-state index contributed by atoms with van der Waals surface area (Å²) >= 11 is 0. The second kappa shape index (κ2) is 3.73. The van der Waals surface area contributed by atoms with Gasteiger partial charge in [0.2, 0.25) is 0 Å². The topological polar surface area (TPSA) is 66.5 Å². The minimum absolute atomic E-state index is 0.239. The van der Waals surface area contributed by atoms with Gasteiger partial charge < -0.3 is 15.9 Å². The van der Waals surface area contributed by atoms with Crippen LogP contribution in [0.1, 0.15) is 32.6 Å². The lowest BCUT2D eigenvalue weighted by Crippen LogP contribution is -2.43. The van der Waals surface area contributed by atoms with Gasteiger partial charge in [-0.3, -0.25) is 0 Å². The SMILES string of the molecule is C[C@@](O)(C[C@H](O)CN)C1CCC1. The Morgan fingerprint density at radius 1 is 1.58 bits per heavy atom. The molecule has 1 rings (SSSR count). The molecule has 0 heterocycles. The van der Waals surface area contributed by atoms with E-state index in [1.54, 1.807) is 6.92 Å². The summed E-state index contributed by atoms with van der Waals surface area (Å²) in [5, 5.41) is 19.2. The maximum Gasteiger partial charge on any atom is 0.0689 e. The summed E-state index contributed by atoms with van der Waals surface area (Å²) in [4.78, 5) is 0. The van der Waals surface area contributed by atoms with Gasteiger partial charge in [0, 0.05) is 13.0 Å². The van der Waals surface area contributed by atoms with E-state index in [4.69, 9.17) is 5.73 Å². The van der Waals surface area contributed by atoms with Crippen molar-refractivity contribution >= 4 is 0 Å². The third-order valence-electron chi connectivity index (χ3n) is 2.91. The number of hydrogen-bond acceptors (Lipinski definition) is 3. The largest absolute Gasteiger partial charge is 0.392 e. The Labute approximate surface area is 73.6 Å². The van der Waals surface area contributed by atoms with Crippen LogP contribution in [0, 0.1) is 5.92 Å². The fraction of sp³-hybridized carbons (Fsp3) is 1.00. The average Bonchev–Trinajstić information content (AvgIpc) is 1.80. The van der Waals surface area contributed by atoms with Crippen molar-refractivity contribution in [2.75, 3.05) is 6.54 Å². The van der Waals surface area contributed by atoms with E-state index >= 15 is 0 Å². The smallest absolute Gasteiger partial charge is 0.0689 e. The molecule has 12 heavy (non-hydrogen) atoms. The zero-order valence-corrected chi connectivity index (χ0v) is 7.66. The average molecular weight is 173 g/mol. The van der Waals surface area contributed by atoms with Crippen LogP contribution < -0.4 is 5.73 Å². The Morgan fingerprint density at radius 2 is 2.17 bits per heavy atom. The molecule has 0 amide bonds. The molecular formula is C9H19NO2. The zero-order chi connectivity index (χ0) is 9.19. The summed E-state index contributed by atoms with van der Waals surface area (Å²) < 4.78 is 0. The first-order chi connectivity index (χ1) is 5.56. The highest BCUT2D eigenvalue weighted by molar-refractivity contribution is 4.89. The van der Waals surface area contributed by atoms with E-state index in [-0.39, 0.29) is 6.54 Å². The monoisotopic (exact) mass is 173 g/mol. The lowest BCUT2D eigenvalue weighted by molar-refractivity contribution is -0.0654. The minimum Gasteiger partial charge on any atom is -0.392 e. The van der Waals surface area contributed by atoms with E-state index in [9.17, 15) is 10.2 Å². The summed E-state index contributed by atoms with van der Waals surface area (Å²) in [6, 6.07) is 0. The Hall–Kier alpha value is -0.120. The summed E-state index contributed by atoms with van der Waals surface area (Å²) in [6.07, 6.45) is 3.24. The van der Waals surface area contributed by atoms with Gasteiger partial charge >= 0.3 is 0 Å². The van der Waals surface area contributed by atoms with Crippen LogP contribution in [0.3, 0.4) is 0 Å². The molecule has 0 radical (unpaired) electrons. The molecule has 0 saturated heterocycles. The van der Waals surface area contributed by atoms with Crippen LogP contribution in [-0.4, -0.2) is 28.5 Å². The summed E-state index contributed by atoms with van der Waals surface area (Å²) in [5.41, 5.74) is 4.57. The van der Waals surface area contributed by atoms with E-state index in [1.807, 2.05) is 0 Å². The molecule has 0 spiro atoms. The molecule has 72 valence electrons. The second-order valence-corrected chi connectivity index (χ2v) is 4.08. The van der Waals surface area contributed by atoms with Crippen LogP contribution >= 0.6 is 0 Å². The van der Waals surface area contributed by atoms with E-state index in [0.717, 1.165) is 12.8 Å². The lowest BCUT2D eigenvalue weighted by atomic mass is 9.71. The molecule has 1 saturated carbocycles. The number of aliphatic hydroxyl groups excluding tert-OH is 1. The third kappa shape index (κ3) is 2.19. The van der Waals surface area contributed by atoms with Gasteiger partial charge in [0.15, 0.2) is 0 Å². The van der Waals surface area contributed by atoms with E-state index < -0.39 is 11.7 Å². The van der Waals surface area contributed by atoms with Crippen molar-refractivity contribution in [3.05, 3.63) is 0 Å². The molecule has 4 N–H and O–H groups in total. The highest BCUT2D eigenvalue weighted by Gasteiger charge is 2.37. The second-order valence-electron chi connectivity index (χ2n) is 4.08. The van der Waals surface area contributed by atoms with Crippen LogP contribution in [-0.2, 0) is 0 Å². The molecule has 2 atom stereocenters. The van der Waals surface area contributed by atoms with Gasteiger partial charge in [-0.15, -0.1) is 0 Å². The third-order valence-corrected chi connectivity index (χ3v) is 2.91. The van der Waals surface area contributed by atoms with Gasteiger partial charge in [-0.1, -0.05) is 6.42 Å². The Morgan fingerprint density at radius 3 is 2.50 bits per heavy atom. The van der Waals surface area contributed by atoms with Crippen LogP contribution in [0.15, 0.2) is 0 Å². The van der Waals surface area contributed by atoms with Crippen LogP contribution in [0.2, 0.25) is 0 Å². The van der Waals surface area contributed by atoms with Gasteiger partial charge in [0.25, 0.3) is 0 Å². The van der Waals surface area contributed by atoms with E-state index in [0.29, 0.717) is 12.3 Å². The van der Waals surface area contributed by atoms with E-state index in [1.165, 1.54) is 6.42 Å². The predicted molar refractivity (Wildman–Crippen MR) is 47.6 cm³/mol. The fourth-order valence-corrected chi connectivity index (χ4v) is 1.76. The van der Waals surface area contributed by atoms with Crippen LogP contribution in [0.5, 0.6) is 0 Å². The number of hydrogen-bond donors (Lipinski definition) is 3. The first-order valence-electron chi connectivity index (χ1n) is 4.67. The van der Waals surface area contributed by atoms with Gasteiger partial charge in [0.1, 0.15) is 0 Å². The van der Waals surface area contributed by atoms with Crippen molar-refractivity contribution in [2.45, 2.75) is 44.3 Å². The van der Waals surface area contributed by atoms with Crippen molar-refractivity contribution in [2.24, 2.45) is 11.7 Å². The van der Waals surface area contributed by atoms with Crippen molar-refractivity contribution in [1.29, 1.82) is 0 Å². The minimum atomic E-state index is -0.711. The normalized spacial score (nSPS) is 26.0. The van der Waals surface area contributed by atoms with Crippen LogP contribution in [0.25, 0.3) is 0 Å². The zero-order valence-electron chi connectivity index (χ0n) is 7.66. The molecule has 3 nitrogen and oxygen atoms in total. The van der Waals surface area contributed by atoms with Gasteiger partial charge in [-0.25, -0.2) is 0 Å². The van der Waals surface area contributed by atoms with Gasteiger partial charge in [0.05, 0.1) is 11.7 Å². The molecule has 0 aliphatic heterocycles. The quantitative estimate of drug-likeness (QED) is 0.571. The van der Waals surface area contributed by atoms with Crippen molar-refractivity contribution < 1.29 is 10.2 Å². The summed E-state index contributed by atoms with van der Waals surface area (Å²) in [5.74, 6) is 0.374.